The summed E-state index contributed by atoms with van der Waals surface area (Å²) < 4.78 is 31.2. The third-order valence-electron chi connectivity index (χ3n) is 2.43. The van der Waals surface area contributed by atoms with Gasteiger partial charge in [-0.1, -0.05) is 5.16 Å². The first kappa shape index (κ1) is 12.2. The molecule has 0 saturated heterocycles. The number of carboxylic acids is 1. The van der Waals surface area contributed by atoms with Crippen LogP contribution >= 0.6 is 0 Å². The first-order valence-corrected chi connectivity index (χ1v) is 5.18. The topological polar surface area (TPSA) is 63.3 Å². The number of carboxylic acid groups (broad SMARTS) is 1. The van der Waals surface area contributed by atoms with Crippen molar-refractivity contribution in [3.8, 4) is 11.3 Å². The van der Waals surface area contributed by atoms with Gasteiger partial charge in [-0.15, -0.1) is 0 Å². The first-order chi connectivity index (χ1) is 8.58. The van der Waals surface area contributed by atoms with Crippen molar-refractivity contribution >= 4 is 5.97 Å². The number of aryl methyl sites for hydroxylation is 1. The maximum atomic E-state index is 13.5. The zero-order valence-corrected chi connectivity index (χ0v) is 9.19. The lowest BCUT2D eigenvalue weighted by Crippen LogP contribution is -1.98. The molecule has 1 heterocycles. The number of nitrogens with zero attached hydrogens (tertiary/aromatic N) is 1. The molecule has 2 rings (SSSR count). The summed E-state index contributed by atoms with van der Waals surface area (Å²) in [4.78, 5) is 10.5. The molecule has 4 nitrogen and oxygen atoms in total. The molecule has 0 amide bonds. The molecule has 0 atom stereocenters. The van der Waals surface area contributed by atoms with E-state index in [0.717, 1.165) is 12.1 Å². The Morgan fingerprint density at radius 1 is 1.39 bits per heavy atom. The summed E-state index contributed by atoms with van der Waals surface area (Å²) >= 11 is 0. The lowest BCUT2D eigenvalue weighted by atomic mass is 10.1. The number of carbonyl (C=O) groups is 1. The van der Waals surface area contributed by atoms with Gasteiger partial charge >= 0.3 is 5.97 Å². The molecule has 94 valence electrons. The van der Waals surface area contributed by atoms with Crippen LogP contribution in [0.4, 0.5) is 8.78 Å². The predicted octanol–water partition coefficient (Wildman–Crippen LogP) is 2.64. The quantitative estimate of drug-likeness (QED) is 0.909. The Hall–Kier alpha value is -2.24. The Labute approximate surface area is 101 Å². The lowest BCUT2D eigenvalue weighted by Gasteiger charge is -2.01. The number of hydrogen-bond acceptors (Lipinski definition) is 3. The van der Waals surface area contributed by atoms with Crippen LogP contribution < -0.4 is 0 Å². The van der Waals surface area contributed by atoms with Crippen molar-refractivity contribution in [3.63, 3.8) is 0 Å². The van der Waals surface area contributed by atoms with Crippen LogP contribution in [-0.2, 0) is 11.2 Å². The van der Waals surface area contributed by atoms with E-state index in [1.807, 2.05) is 0 Å². The standard InChI is InChI=1S/C12H9F2NO3/c13-8-2-3-9(10(14)5-8)12-7(6-15-18-12)1-4-11(16)17/h2-3,5-6H,1,4H2,(H,16,17). The number of hydrogen-bond donors (Lipinski definition) is 1. The molecule has 18 heavy (non-hydrogen) atoms. The van der Waals surface area contributed by atoms with E-state index in [1.165, 1.54) is 12.3 Å². The average molecular weight is 253 g/mol. The van der Waals surface area contributed by atoms with E-state index < -0.39 is 17.6 Å². The fraction of sp³-hybridized carbons (Fsp3) is 0.167. The second kappa shape index (κ2) is 4.95. The molecule has 1 aromatic heterocycles. The van der Waals surface area contributed by atoms with Crippen LogP contribution in [0.3, 0.4) is 0 Å². The highest BCUT2D eigenvalue weighted by atomic mass is 19.1. The van der Waals surface area contributed by atoms with Crippen molar-refractivity contribution in [3.05, 3.63) is 41.6 Å². The van der Waals surface area contributed by atoms with E-state index >= 15 is 0 Å². The Balaban J connectivity index is 2.33. The van der Waals surface area contributed by atoms with E-state index in [2.05, 4.69) is 5.16 Å². The van der Waals surface area contributed by atoms with Crippen molar-refractivity contribution in [1.29, 1.82) is 0 Å². The summed E-state index contributed by atoms with van der Waals surface area (Å²) in [6.45, 7) is 0. The van der Waals surface area contributed by atoms with Crippen molar-refractivity contribution in [2.24, 2.45) is 0 Å². The minimum Gasteiger partial charge on any atom is -0.481 e. The molecule has 0 aliphatic heterocycles. The minimum atomic E-state index is -0.971. The van der Waals surface area contributed by atoms with Crippen molar-refractivity contribution in [2.75, 3.05) is 0 Å². The van der Waals surface area contributed by atoms with Gasteiger partial charge in [-0.05, 0) is 18.6 Å². The number of benzene rings is 1. The third-order valence-corrected chi connectivity index (χ3v) is 2.43. The van der Waals surface area contributed by atoms with Gasteiger partial charge in [0, 0.05) is 18.1 Å². The van der Waals surface area contributed by atoms with Crippen LogP contribution in [0.25, 0.3) is 11.3 Å². The highest BCUT2D eigenvalue weighted by Crippen LogP contribution is 2.27. The van der Waals surface area contributed by atoms with Gasteiger partial charge in [0.2, 0.25) is 0 Å². The van der Waals surface area contributed by atoms with Gasteiger partial charge in [-0.3, -0.25) is 4.79 Å². The van der Waals surface area contributed by atoms with E-state index in [-0.39, 0.29) is 24.2 Å². The monoisotopic (exact) mass is 253 g/mol. The largest absolute Gasteiger partial charge is 0.481 e. The van der Waals surface area contributed by atoms with Gasteiger partial charge in [-0.25, -0.2) is 8.78 Å². The van der Waals surface area contributed by atoms with Crippen molar-refractivity contribution in [1.82, 2.24) is 5.16 Å². The van der Waals surface area contributed by atoms with Crippen LogP contribution in [0.2, 0.25) is 0 Å². The van der Waals surface area contributed by atoms with E-state index in [9.17, 15) is 13.6 Å². The second-order valence-corrected chi connectivity index (χ2v) is 3.70. The number of aromatic nitrogens is 1. The molecule has 0 spiro atoms. The smallest absolute Gasteiger partial charge is 0.303 e. The summed E-state index contributed by atoms with van der Waals surface area (Å²) in [6, 6.07) is 3.07. The van der Waals surface area contributed by atoms with Crippen LogP contribution in [0.1, 0.15) is 12.0 Å². The molecule has 0 unspecified atom stereocenters. The Morgan fingerprint density at radius 3 is 2.83 bits per heavy atom. The number of rotatable bonds is 4. The SMILES string of the molecule is O=C(O)CCc1cnoc1-c1ccc(F)cc1F. The first-order valence-electron chi connectivity index (χ1n) is 5.18. The highest BCUT2D eigenvalue weighted by Gasteiger charge is 2.16. The summed E-state index contributed by atoms with van der Waals surface area (Å²) in [7, 11) is 0. The third kappa shape index (κ3) is 2.53. The Kier molecular flexibility index (Phi) is 3.36. The van der Waals surface area contributed by atoms with Crippen LogP contribution in [0.5, 0.6) is 0 Å². The molecule has 0 aliphatic rings. The molecular weight excluding hydrogens is 244 g/mol. The van der Waals surface area contributed by atoms with Gasteiger partial charge in [0.15, 0.2) is 5.76 Å². The van der Waals surface area contributed by atoms with Crippen molar-refractivity contribution in [2.45, 2.75) is 12.8 Å². The lowest BCUT2D eigenvalue weighted by molar-refractivity contribution is -0.136. The molecule has 0 bridgehead atoms. The van der Waals surface area contributed by atoms with E-state index in [0.29, 0.717) is 5.56 Å². The second-order valence-electron chi connectivity index (χ2n) is 3.70. The zero-order valence-electron chi connectivity index (χ0n) is 9.19. The molecule has 2 aromatic rings. The molecule has 0 radical (unpaired) electrons. The maximum absolute atomic E-state index is 13.5. The van der Waals surface area contributed by atoms with Crippen LogP contribution in [0.15, 0.2) is 28.9 Å². The Morgan fingerprint density at radius 2 is 2.17 bits per heavy atom. The molecule has 0 fully saturated rings. The van der Waals surface area contributed by atoms with Gasteiger partial charge in [0.05, 0.1) is 11.8 Å². The fourth-order valence-electron chi connectivity index (χ4n) is 1.58. The number of aliphatic carboxylic acids is 1. The normalized spacial score (nSPS) is 10.6. The van der Waals surface area contributed by atoms with E-state index in [1.54, 1.807) is 0 Å². The summed E-state index contributed by atoms with van der Waals surface area (Å²) in [6.07, 6.45) is 1.39. The highest BCUT2D eigenvalue weighted by molar-refractivity contribution is 5.68. The van der Waals surface area contributed by atoms with Crippen molar-refractivity contribution < 1.29 is 23.2 Å². The molecule has 1 N–H and O–H groups in total. The summed E-state index contributed by atoms with van der Waals surface area (Å²) in [5.41, 5.74) is 0.539. The van der Waals surface area contributed by atoms with Gasteiger partial charge in [0.1, 0.15) is 11.6 Å². The zero-order chi connectivity index (χ0) is 13.1. The van der Waals surface area contributed by atoms with Gasteiger partial charge in [0.25, 0.3) is 0 Å². The van der Waals surface area contributed by atoms with Crippen LogP contribution in [0, 0.1) is 11.6 Å². The summed E-state index contributed by atoms with van der Waals surface area (Å²) in [5, 5.41) is 12.1. The fourth-order valence-corrected chi connectivity index (χ4v) is 1.58. The number of halogens is 2. The molecule has 0 aliphatic carbocycles. The van der Waals surface area contributed by atoms with Crippen LogP contribution in [-0.4, -0.2) is 16.2 Å². The maximum Gasteiger partial charge on any atom is 0.303 e. The molecule has 1 aromatic carbocycles. The van der Waals surface area contributed by atoms with Gasteiger partial charge in [-0.2, -0.15) is 0 Å². The molecular formula is C12H9F2NO3. The molecule has 0 saturated carbocycles. The predicted molar refractivity (Wildman–Crippen MR) is 57.8 cm³/mol. The average Bonchev–Trinajstić information content (AvgIpc) is 2.74. The minimum absolute atomic E-state index is 0.0642. The van der Waals surface area contributed by atoms with E-state index in [4.69, 9.17) is 9.63 Å². The Bertz CT molecular complexity index is 580. The molecule has 6 heteroatoms. The summed E-state index contributed by atoms with van der Waals surface area (Å²) in [5.74, 6) is -2.30. The van der Waals surface area contributed by atoms with Gasteiger partial charge < -0.3 is 9.63 Å².